The van der Waals surface area contributed by atoms with Crippen molar-refractivity contribution in [1.29, 1.82) is 0 Å². The van der Waals surface area contributed by atoms with E-state index in [4.69, 9.17) is 5.73 Å². The molecule has 1 aliphatic heterocycles. The number of benzene rings is 1. The second-order valence-corrected chi connectivity index (χ2v) is 6.47. The van der Waals surface area contributed by atoms with Gasteiger partial charge in [-0.15, -0.1) is 0 Å². The van der Waals surface area contributed by atoms with Crippen LogP contribution in [0.15, 0.2) is 22.7 Å². The van der Waals surface area contributed by atoms with Crippen LogP contribution in [0.5, 0.6) is 0 Å². The van der Waals surface area contributed by atoms with Crippen molar-refractivity contribution in [2.24, 2.45) is 11.7 Å². The van der Waals surface area contributed by atoms with E-state index in [9.17, 15) is 4.39 Å². The summed E-state index contributed by atoms with van der Waals surface area (Å²) in [6.45, 7) is 6.18. The first-order valence-electron chi connectivity index (χ1n) is 6.95. The molecule has 2 rings (SSSR count). The lowest BCUT2D eigenvalue weighted by atomic mass is 9.98. The molecule has 0 radical (unpaired) electrons. The maximum Gasteiger partial charge on any atom is 0.137 e. The SMILES string of the molecule is CC(C)C1CCCN1C(CN)c1ccc(F)c(Br)c1. The molecule has 0 aliphatic carbocycles. The normalized spacial score (nSPS) is 22.1. The molecule has 1 fully saturated rings. The molecule has 2 unspecified atom stereocenters. The molecule has 0 spiro atoms. The third kappa shape index (κ3) is 3.18. The predicted octanol–water partition coefficient (Wildman–Crippen LogP) is 3.71. The van der Waals surface area contributed by atoms with Crippen LogP contribution in [0.25, 0.3) is 0 Å². The lowest BCUT2D eigenvalue weighted by Gasteiger charge is -2.35. The third-order valence-corrected chi connectivity index (χ3v) is 4.67. The van der Waals surface area contributed by atoms with Gasteiger partial charge in [-0.25, -0.2) is 4.39 Å². The summed E-state index contributed by atoms with van der Waals surface area (Å²) in [6.07, 6.45) is 2.46. The standard InChI is InChI=1S/C15H22BrFN2/c1-10(2)14-4-3-7-19(14)15(9-18)11-5-6-13(17)12(16)8-11/h5-6,8,10,14-15H,3-4,7,9,18H2,1-2H3. The first kappa shape index (κ1) is 14.9. The Morgan fingerprint density at radius 3 is 2.79 bits per heavy atom. The fourth-order valence-corrected chi connectivity index (χ4v) is 3.50. The Hall–Kier alpha value is -0.450. The topological polar surface area (TPSA) is 29.3 Å². The van der Waals surface area contributed by atoms with Gasteiger partial charge in [-0.05, 0) is 58.9 Å². The maximum atomic E-state index is 13.4. The monoisotopic (exact) mass is 328 g/mol. The minimum atomic E-state index is -0.221. The van der Waals surface area contributed by atoms with Crippen LogP contribution in [0.3, 0.4) is 0 Å². The highest BCUT2D eigenvalue weighted by Gasteiger charge is 2.32. The summed E-state index contributed by atoms with van der Waals surface area (Å²) in [5.74, 6) is 0.404. The molecular weight excluding hydrogens is 307 g/mol. The van der Waals surface area contributed by atoms with Crippen LogP contribution in [-0.2, 0) is 0 Å². The molecule has 1 saturated heterocycles. The van der Waals surface area contributed by atoms with Gasteiger partial charge < -0.3 is 5.73 Å². The molecule has 0 saturated carbocycles. The van der Waals surface area contributed by atoms with Crippen LogP contribution in [0.1, 0.15) is 38.3 Å². The van der Waals surface area contributed by atoms with Crippen molar-refractivity contribution in [2.75, 3.05) is 13.1 Å². The number of nitrogens with zero attached hydrogens (tertiary/aromatic N) is 1. The van der Waals surface area contributed by atoms with Gasteiger partial charge in [0.25, 0.3) is 0 Å². The molecule has 0 amide bonds. The van der Waals surface area contributed by atoms with E-state index in [1.54, 1.807) is 0 Å². The largest absolute Gasteiger partial charge is 0.329 e. The number of rotatable bonds is 4. The Kier molecular flexibility index (Phi) is 4.98. The Bertz CT molecular complexity index is 436. The van der Waals surface area contributed by atoms with Crippen LogP contribution in [0.2, 0.25) is 0 Å². The molecule has 4 heteroatoms. The van der Waals surface area contributed by atoms with Crippen LogP contribution in [0.4, 0.5) is 4.39 Å². The average molecular weight is 329 g/mol. The summed E-state index contributed by atoms with van der Waals surface area (Å²) < 4.78 is 13.9. The molecule has 1 aromatic carbocycles. The minimum Gasteiger partial charge on any atom is -0.329 e. The second kappa shape index (κ2) is 6.33. The molecule has 1 heterocycles. The summed E-state index contributed by atoms with van der Waals surface area (Å²) in [7, 11) is 0. The van der Waals surface area contributed by atoms with Crippen molar-refractivity contribution >= 4 is 15.9 Å². The van der Waals surface area contributed by atoms with E-state index in [0.717, 1.165) is 12.1 Å². The fraction of sp³-hybridized carbons (Fsp3) is 0.600. The van der Waals surface area contributed by atoms with Gasteiger partial charge in [-0.3, -0.25) is 4.90 Å². The molecule has 19 heavy (non-hydrogen) atoms. The molecule has 2 nitrogen and oxygen atoms in total. The average Bonchev–Trinajstić information content (AvgIpc) is 2.84. The van der Waals surface area contributed by atoms with Gasteiger partial charge in [0.05, 0.1) is 4.47 Å². The molecule has 2 atom stereocenters. The molecule has 2 N–H and O–H groups in total. The quantitative estimate of drug-likeness (QED) is 0.912. The Labute approximate surface area is 123 Å². The van der Waals surface area contributed by atoms with Crippen molar-refractivity contribution in [1.82, 2.24) is 4.90 Å². The Morgan fingerprint density at radius 1 is 1.47 bits per heavy atom. The van der Waals surface area contributed by atoms with Crippen LogP contribution in [0, 0.1) is 11.7 Å². The summed E-state index contributed by atoms with van der Waals surface area (Å²) in [5.41, 5.74) is 7.08. The summed E-state index contributed by atoms with van der Waals surface area (Å²) >= 11 is 3.26. The minimum absolute atomic E-state index is 0.187. The number of hydrogen-bond acceptors (Lipinski definition) is 2. The van der Waals surface area contributed by atoms with Gasteiger partial charge in [0.1, 0.15) is 5.82 Å². The van der Waals surface area contributed by atoms with Crippen LogP contribution in [-0.4, -0.2) is 24.0 Å². The van der Waals surface area contributed by atoms with E-state index in [1.165, 1.54) is 18.9 Å². The molecule has 0 aromatic heterocycles. The number of nitrogens with two attached hydrogens (primary N) is 1. The van der Waals surface area contributed by atoms with Crippen molar-refractivity contribution in [3.8, 4) is 0 Å². The summed E-state index contributed by atoms with van der Waals surface area (Å²) in [5, 5.41) is 0. The van der Waals surface area contributed by atoms with Crippen molar-refractivity contribution in [2.45, 2.75) is 38.8 Å². The highest BCUT2D eigenvalue weighted by molar-refractivity contribution is 9.10. The number of likely N-dealkylation sites (tertiary alicyclic amines) is 1. The third-order valence-electron chi connectivity index (χ3n) is 4.06. The zero-order chi connectivity index (χ0) is 14.0. The van der Waals surface area contributed by atoms with Gasteiger partial charge >= 0.3 is 0 Å². The van der Waals surface area contributed by atoms with E-state index < -0.39 is 0 Å². The second-order valence-electron chi connectivity index (χ2n) is 5.62. The number of hydrogen-bond donors (Lipinski definition) is 1. The van der Waals surface area contributed by atoms with Crippen LogP contribution < -0.4 is 5.73 Å². The van der Waals surface area contributed by atoms with Gasteiger partial charge in [0.15, 0.2) is 0 Å². The first-order valence-corrected chi connectivity index (χ1v) is 7.74. The van der Waals surface area contributed by atoms with E-state index in [0.29, 0.717) is 23.0 Å². The summed E-state index contributed by atoms with van der Waals surface area (Å²) in [4.78, 5) is 2.49. The van der Waals surface area contributed by atoms with E-state index in [1.807, 2.05) is 12.1 Å². The molecular formula is C15H22BrFN2. The van der Waals surface area contributed by atoms with E-state index in [2.05, 4.69) is 34.7 Å². The Morgan fingerprint density at radius 2 is 2.21 bits per heavy atom. The van der Waals surface area contributed by atoms with E-state index >= 15 is 0 Å². The highest BCUT2D eigenvalue weighted by Crippen LogP contribution is 2.33. The van der Waals surface area contributed by atoms with Gasteiger partial charge in [-0.1, -0.05) is 19.9 Å². The lowest BCUT2D eigenvalue weighted by molar-refractivity contribution is 0.149. The Balaban J connectivity index is 2.26. The molecule has 0 bridgehead atoms. The van der Waals surface area contributed by atoms with Crippen LogP contribution >= 0.6 is 15.9 Å². The van der Waals surface area contributed by atoms with Gasteiger partial charge in [0, 0.05) is 18.6 Å². The first-order chi connectivity index (χ1) is 9.04. The fourth-order valence-electron chi connectivity index (χ4n) is 3.10. The molecule has 1 aromatic rings. The highest BCUT2D eigenvalue weighted by atomic mass is 79.9. The lowest BCUT2D eigenvalue weighted by Crippen LogP contribution is -2.40. The van der Waals surface area contributed by atoms with Crippen molar-refractivity contribution < 1.29 is 4.39 Å². The predicted molar refractivity (Wildman–Crippen MR) is 80.5 cm³/mol. The molecule has 106 valence electrons. The summed E-state index contributed by atoms with van der Waals surface area (Å²) in [6, 6.07) is 6.00. The smallest absolute Gasteiger partial charge is 0.137 e. The van der Waals surface area contributed by atoms with Crippen molar-refractivity contribution in [3.63, 3.8) is 0 Å². The molecule has 1 aliphatic rings. The maximum absolute atomic E-state index is 13.4. The van der Waals surface area contributed by atoms with Gasteiger partial charge in [-0.2, -0.15) is 0 Å². The van der Waals surface area contributed by atoms with Gasteiger partial charge in [0.2, 0.25) is 0 Å². The zero-order valence-electron chi connectivity index (χ0n) is 11.6. The zero-order valence-corrected chi connectivity index (χ0v) is 13.2. The number of halogens is 2. The van der Waals surface area contributed by atoms with E-state index in [-0.39, 0.29) is 11.9 Å². The van der Waals surface area contributed by atoms with Crippen molar-refractivity contribution in [3.05, 3.63) is 34.1 Å².